The van der Waals surface area contributed by atoms with Crippen molar-refractivity contribution in [3.8, 4) is 0 Å². The lowest BCUT2D eigenvalue weighted by atomic mass is 10.0. The van der Waals surface area contributed by atoms with E-state index in [9.17, 15) is 19.4 Å². The monoisotopic (exact) mass is 1010 g/mol. The quantitative estimate of drug-likeness (QED) is 0.0243. The summed E-state index contributed by atoms with van der Waals surface area (Å²) < 4.78 is 23.7. The molecule has 0 rings (SSSR count). The van der Waals surface area contributed by atoms with Crippen molar-refractivity contribution >= 4 is 13.7 Å². The number of allylic oxidation sites excluding steroid dienone is 5. The molecule has 70 heavy (non-hydrogen) atoms. The molecular formula is C61H120N2O6P+. The van der Waals surface area contributed by atoms with Gasteiger partial charge < -0.3 is 19.8 Å². The Morgan fingerprint density at radius 3 is 1.17 bits per heavy atom. The minimum Gasteiger partial charge on any atom is -0.387 e. The Balaban J connectivity index is 4.20. The molecule has 0 aliphatic rings. The van der Waals surface area contributed by atoms with Crippen LogP contribution in [-0.4, -0.2) is 73.4 Å². The average Bonchev–Trinajstić information content (AvgIpc) is 3.32. The Hall–Kier alpha value is -1.28. The summed E-state index contributed by atoms with van der Waals surface area (Å²) in [6, 6.07) is -0.852. The minimum atomic E-state index is -4.35. The number of carbonyl (C=O) groups is 1. The van der Waals surface area contributed by atoms with Gasteiger partial charge in [-0.25, -0.2) is 4.57 Å². The van der Waals surface area contributed by atoms with Gasteiger partial charge in [0.05, 0.1) is 39.9 Å². The highest BCUT2D eigenvalue weighted by Crippen LogP contribution is 2.43. The zero-order chi connectivity index (χ0) is 51.3. The SMILES string of the molecule is CCCCCCCCCCC/C=C\C/C=C\CCCCCCCCCC(=O)NC(COP(=O)(O)OCC[N+](C)(C)C)C(O)/C=C/CCCCCCCCCCCCCCCCCCCCCCCCC. The molecule has 0 radical (unpaired) electrons. The van der Waals surface area contributed by atoms with Crippen LogP contribution in [0.15, 0.2) is 36.5 Å². The molecule has 0 fully saturated rings. The molecule has 1 amide bonds. The van der Waals surface area contributed by atoms with E-state index in [4.69, 9.17) is 9.05 Å². The maximum absolute atomic E-state index is 13.0. The van der Waals surface area contributed by atoms with Gasteiger partial charge >= 0.3 is 7.82 Å². The van der Waals surface area contributed by atoms with Gasteiger partial charge in [-0.1, -0.05) is 275 Å². The van der Waals surface area contributed by atoms with Crippen molar-refractivity contribution in [2.75, 3.05) is 40.9 Å². The predicted molar refractivity (Wildman–Crippen MR) is 304 cm³/mol. The van der Waals surface area contributed by atoms with Crippen molar-refractivity contribution < 1.29 is 32.9 Å². The lowest BCUT2D eigenvalue weighted by molar-refractivity contribution is -0.870. The van der Waals surface area contributed by atoms with E-state index in [1.165, 1.54) is 225 Å². The number of nitrogens with zero attached hydrogens (tertiary/aromatic N) is 1. The Kier molecular flexibility index (Phi) is 51.6. The van der Waals surface area contributed by atoms with Crippen molar-refractivity contribution in [2.24, 2.45) is 0 Å². The van der Waals surface area contributed by atoms with Crippen LogP contribution in [0.4, 0.5) is 0 Å². The molecule has 3 N–H and O–H groups in total. The zero-order valence-electron chi connectivity index (χ0n) is 47.3. The van der Waals surface area contributed by atoms with E-state index >= 15 is 0 Å². The first kappa shape index (κ1) is 68.7. The number of rotatable bonds is 56. The molecule has 3 unspecified atom stereocenters. The van der Waals surface area contributed by atoms with Crippen LogP contribution in [0.3, 0.4) is 0 Å². The topological polar surface area (TPSA) is 105 Å². The van der Waals surface area contributed by atoms with E-state index in [0.29, 0.717) is 17.4 Å². The Labute approximate surface area is 436 Å². The lowest BCUT2D eigenvalue weighted by Crippen LogP contribution is -2.45. The average molecular weight is 1010 g/mol. The van der Waals surface area contributed by atoms with Gasteiger partial charge in [-0.05, 0) is 51.4 Å². The molecule has 0 spiro atoms. The number of hydrogen-bond acceptors (Lipinski definition) is 5. The number of carbonyl (C=O) groups excluding carboxylic acids is 1. The van der Waals surface area contributed by atoms with Crippen LogP contribution in [0.2, 0.25) is 0 Å². The number of hydrogen-bond donors (Lipinski definition) is 3. The first-order chi connectivity index (χ1) is 34.0. The molecule has 0 aromatic carbocycles. The van der Waals surface area contributed by atoms with Crippen molar-refractivity contribution in [3.05, 3.63) is 36.5 Å². The van der Waals surface area contributed by atoms with Gasteiger partial charge in [0.25, 0.3) is 0 Å². The molecule has 0 saturated heterocycles. The molecule has 0 bridgehead atoms. The summed E-state index contributed by atoms with van der Waals surface area (Å²) in [4.78, 5) is 23.3. The number of phosphoric acid groups is 1. The normalized spacial score (nSPS) is 14.1. The fourth-order valence-corrected chi connectivity index (χ4v) is 9.81. The molecule has 3 atom stereocenters. The second-order valence-corrected chi connectivity index (χ2v) is 23.5. The maximum atomic E-state index is 13.0. The molecule has 0 aromatic rings. The number of nitrogens with one attached hydrogen (secondary N) is 1. The van der Waals surface area contributed by atoms with Gasteiger partial charge in [0, 0.05) is 6.42 Å². The fraction of sp³-hybridized carbons (Fsp3) is 0.885. The minimum absolute atomic E-state index is 0.0602. The Bertz CT molecular complexity index is 1230. The fourth-order valence-electron chi connectivity index (χ4n) is 9.08. The molecule has 0 saturated carbocycles. The number of likely N-dealkylation sites (N-methyl/N-ethyl adjacent to an activating group) is 1. The van der Waals surface area contributed by atoms with Crippen LogP contribution < -0.4 is 5.32 Å². The Morgan fingerprint density at radius 1 is 0.486 bits per heavy atom. The number of aliphatic hydroxyl groups excluding tert-OH is 1. The first-order valence-electron chi connectivity index (χ1n) is 30.4. The van der Waals surface area contributed by atoms with Crippen molar-refractivity contribution in [1.29, 1.82) is 0 Å². The summed E-state index contributed by atoms with van der Waals surface area (Å²) in [5.74, 6) is -0.181. The third kappa shape index (κ3) is 54.5. The van der Waals surface area contributed by atoms with Gasteiger partial charge in [-0.3, -0.25) is 13.8 Å². The highest BCUT2D eigenvalue weighted by atomic mass is 31.2. The summed E-state index contributed by atoms with van der Waals surface area (Å²) >= 11 is 0. The molecule has 0 aliphatic heterocycles. The summed E-state index contributed by atoms with van der Waals surface area (Å²) in [6.45, 7) is 4.85. The number of aliphatic hydroxyl groups is 1. The van der Waals surface area contributed by atoms with E-state index in [2.05, 4.69) is 43.5 Å². The summed E-state index contributed by atoms with van der Waals surface area (Å²) in [5.41, 5.74) is 0. The van der Waals surface area contributed by atoms with Crippen LogP contribution in [0.5, 0.6) is 0 Å². The number of unbranched alkanes of at least 4 members (excludes halogenated alkanes) is 39. The van der Waals surface area contributed by atoms with Gasteiger partial charge in [-0.2, -0.15) is 0 Å². The molecule has 8 nitrogen and oxygen atoms in total. The maximum Gasteiger partial charge on any atom is 0.472 e. The number of phosphoric ester groups is 1. The summed E-state index contributed by atoms with van der Waals surface area (Å²) in [7, 11) is 1.57. The van der Waals surface area contributed by atoms with Crippen molar-refractivity contribution in [2.45, 2.75) is 309 Å². The third-order valence-electron chi connectivity index (χ3n) is 13.9. The zero-order valence-corrected chi connectivity index (χ0v) is 48.2. The van der Waals surface area contributed by atoms with E-state index in [1.54, 1.807) is 6.08 Å². The van der Waals surface area contributed by atoms with Gasteiger partial charge in [-0.15, -0.1) is 0 Å². The van der Waals surface area contributed by atoms with Gasteiger partial charge in [0.1, 0.15) is 13.2 Å². The second kappa shape index (κ2) is 52.6. The molecular weight excluding hydrogens is 888 g/mol. The molecule has 0 aliphatic carbocycles. The van der Waals surface area contributed by atoms with E-state index in [1.807, 2.05) is 27.2 Å². The highest BCUT2D eigenvalue weighted by molar-refractivity contribution is 7.47. The summed E-state index contributed by atoms with van der Waals surface area (Å²) in [5, 5.41) is 14.0. The second-order valence-electron chi connectivity index (χ2n) is 22.1. The summed E-state index contributed by atoms with van der Waals surface area (Å²) in [6.07, 6.45) is 68.2. The molecule has 0 heterocycles. The predicted octanol–water partition coefficient (Wildman–Crippen LogP) is 18.5. The van der Waals surface area contributed by atoms with Crippen LogP contribution in [0.1, 0.15) is 296 Å². The van der Waals surface area contributed by atoms with Gasteiger partial charge in [0.2, 0.25) is 5.91 Å². The van der Waals surface area contributed by atoms with E-state index in [-0.39, 0.29) is 19.1 Å². The van der Waals surface area contributed by atoms with Crippen LogP contribution in [0.25, 0.3) is 0 Å². The van der Waals surface area contributed by atoms with E-state index in [0.717, 1.165) is 51.4 Å². The van der Waals surface area contributed by atoms with E-state index < -0.39 is 20.0 Å². The third-order valence-corrected chi connectivity index (χ3v) is 14.8. The standard InChI is InChI=1S/C61H119N2O6P/c1-6-8-10-12-14-16-18-20-22-24-26-28-30-31-33-34-36-38-40-42-44-46-48-50-52-54-60(64)59(58-69-70(66,67)68-57-56-63(3,4)5)62-61(65)55-53-51-49-47-45-43-41-39-37-35-32-29-27-25-23-21-19-17-15-13-11-9-7-2/h27,29,35,37,52,54,59-60,64H,6-26,28,30-34,36,38-51,53,55-58H2,1-5H3,(H-,62,65,66,67)/p+1/b29-27-,37-35-,54-52+. The van der Waals surface area contributed by atoms with Crippen molar-refractivity contribution in [3.63, 3.8) is 0 Å². The van der Waals surface area contributed by atoms with Crippen LogP contribution in [-0.2, 0) is 18.4 Å². The Morgan fingerprint density at radius 2 is 0.814 bits per heavy atom. The molecule has 0 aromatic heterocycles. The molecule has 414 valence electrons. The van der Waals surface area contributed by atoms with Crippen LogP contribution >= 0.6 is 7.82 Å². The largest absolute Gasteiger partial charge is 0.472 e. The van der Waals surface area contributed by atoms with Crippen LogP contribution in [0, 0.1) is 0 Å². The van der Waals surface area contributed by atoms with Gasteiger partial charge in [0.15, 0.2) is 0 Å². The first-order valence-corrected chi connectivity index (χ1v) is 31.9. The van der Waals surface area contributed by atoms with Crippen molar-refractivity contribution in [1.82, 2.24) is 5.32 Å². The number of quaternary nitrogens is 1. The molecule has 9 heteroatoms. The number of amides is 1. The smallest absolute Gasteiger partial charge is 0.387 e. The lowest BCUT2D eigenvalue weighted by Gasteiger charge is -2.25. The highest BCUT2D eigenvalue weighted by Gasteiger charge is 2.27.